The molecule has 0 saturated heterocycles. The smallest absolute Gasteiger partial charge is 0.328 e. The molecule has 2 heterocycles. The lowest BCUT2D eigenvalue weighted by molar-refractivity contribution is 0.351. The van der Waals surface area contributed by atoms with Crippen LogP contribution in [0.3, 0.4) is 0 Å². The fourth-order valence-electron chi connectivity index (χ4n) is 2.49. The number of aromatic nitrogens is 4. The summed E-state index contributed by atoms with van der Waals surface area (Å²) in [7, 11) is -0.581. The molecule has 0 amide bonds. The van der Waals surface area contributed by atoms with Gasteiger partial charge >= 0.3 is 5.69 Å². The average molecular weight is 351 g/mol. The minimum absolute atomic E-state index is 0.0549. The Bertz CT molecular complexity index is 1080. The van der Waals surface area contributed by atoms with E-state index >= 15 is 0 Å². The monoisotopic (exact) mass is 351 g/mol. The maximum Gasteiger partial charge on any atom is 0.328 e. The van der Waals surface area contributed by atoms with Crippen LogP contribution in [0.4, 0.5) is 0 Å². The third-order valence-corrected chi connectivity index (χ3v) is 5.34. The molecule has 1 atom stereocenters. The summed E-state index contributed by atoms with van der Waals surface area (Å²) in [5.74, 6) is 0.612. The standard InChI is InChI=1S/C14H17N5O4S/c1-8(13-15-9(2)16-23-13)17-24(21,22)10-5-6-11-12(7-10)19(4)14(20)18(11)3/h5-8,17H,1-4H3/t8-/m1/s1. The van der Waals surface area contributed by atoms with Crippen molar-refractivity contribution in [1.29, 1.82) is 0 Å². The molecule has 3 rings (SSSR count). The van der Waals surface area contributed by atoms with E-state index in [0.717, 1.165) is 0 Å². The molecule has 2 aromatic heterocycles. The number of nitrogens with one attached hydrogen (secondary N) is 1. The number of aryl methyl sites for hydroxylation is 3. The van der Waals surface area contributed by atoms with Gasteiger partial charge in [0.15, 0.2) is 5.82 Å². The fraction of sp³-hybridized carbons (Fsp3) is 0.357. The Morgan fingerprint density at radius 3 is 2.50 bits per heavy atom. The highest BCUT2D eigenvalue weighted by Gasteiger charge is 2.23. The van der Waals surface area contributed by atoms with Crippen LogP contribution in [0.15, 0.2) is 32.4 Å². The predicted octanol–water partition coefficient (Wildman–Crippen LogP) is 0.608. The lowest BCUT2D eigenvalue weighted by Crippen LogP contribution is -2.27. The Kier molecular flexibility index (Phi) is 3.80. The Balaban J connectivity index is 1.99. The van der Waals surface area contributed by atoms with Crippen LogP contribution in [0.2, 0.25) is 0 Å². The first-order chi connectivity index (χ1) is 11.2. The van der Waals surface area contributed by atoms with Crippen molar-refractivity contribution in [2.24, 2.45) is 14.1 Å². The molecular formula is C14H17N5O4S. The summed E-state index contributed by atoms with van der Waals surface area (Å²) in [5, 5.41) is 3.64. The van der Waals surface area contributed by atoms with Crippen molar-refractivity contribution in [3.63, 3.8) is 0 Å². The van der Waals surface area contributed by atoms with Crippen molar-refractivity contribution >= 4 is 21.1 Å². The molecule has 128 valence electrons. The van der Waals surface area contributed by atoms with Gasteiger partial charge in [-0.15, -0.1) is 0 Å². The van der Waals surface area contributed by atoms with Crippen LogP contribution in [0.1, 0.15) is 24.7 Å². The summed E-state index contributed by atoms with van der Waals surface area (Å²) in [4.78, 5) is 16.0. The Morgan fingerprint density at radius 2 is 1.88 bits per heavy atom. The third kappa shape index (κ3) is 2.63. The molecule has 24 heavy (non-hydrogen) atoms. The molecule has 3 aromatic rings. The van der Waals surface area contributed by atoms with Crippen molar-refractivity contribution in [3.05, 3.63) is 40.4 Å². The van der Waals surface area contributed by atoms with Gasteiger partial charge in [0.05, 0.1) is 22.0 Å². The number of benzene rings is 1. The Morgan fingerprint density at radius 1 is 1.21 bits per heavy atom. The first-order valence-corrected chi connectivity index (χ1v) is 8.67. The molecule has 10 heteroatoms. The third-order valence-electron chi connectivity index (χ3n) is 3.80. The quantitative estimate of drug-likeness (QED) is 0.737. The van der Waals surface area contributed by atoms with E-state index in [2.05, 4.69) is 14.9 Å². The van der Waals surface area contributed by atoms with E-state index in [4.69, 9.17) is 4.52 Å². The van der Waals surface area contributed by atoms with Crippen LogP contribution in [0, 0.1) is 6.92 Å². The summed E-state index contributed by atoms with van der Waals surface area (Å²) in [6.07, 6.45) is 0. The first-order valence-electron chi connectivity index (χ1n) is 7.18. The van der Waals surface area contributed by atoms with Gasteiger partial charge in [-0.1, -0.05) is 5.16 Å². The number of imidazole rings is 1. The van der Waals surface area contributed by atoms with Crippen molar-refractivity contribution in [1.82, 2.24) is 24.0 Å². The highest BCUT2D eigenvalue weighted by molar-refractivity contribution is 7.89. The minimum atomic E-state index is -3.81. The van der Waals surface area contributed by atoms with E-state index in [-0.39, 0.29) is 16.5 Å². The number of hydrogen-bond donors (Lipinski definition) is 1. The van der Waals surface area contributed by atoms with Crippen LogP contribution < -0.4 is 10.4 Å². The van der Waals surface area contributed by atoms with E-state index in [1.807, 2.05) is 0 Å². The summed E-state index contributed by atoms with van der Waals surface area (Å²) in [5.41, 5.74) is 0.968. The number of rotatable bonds is 4. The summed E-state index contributed by atoms with van der Waals surface area (Å²) in [6.45, 7) is 3.26. The zero-order chi connectivity index (χ0) is 17.6. The molecule has 0 aliphatic heterocycles. The van der Waals surface area contributed by atoms with Crippen molar-refractivity contribution in [2.75, 3.05) is 0 Å². The highest BCUT2D eigenvalue weighted by atomic mass is 32.2. The topological polar surface area (TPSA) is 112 Å². The maximum absolute atomic E-state index is 12.6. The highest BCUT2D eigenvalue weighted by Crippen LogP contribution is 2.20. The minimum Gasteiger partial charge on any atom is -0.338 e. The summed E-state index contributed by atoms with van der Waals surface area (Å²) < 4.78 is 35.5. The van der Waals surface area contributed by atoms with Gasteiger partial charge in [0.25, 0.3) is 0 Å². The van der Waals surface area contributed by atoms with Crippen LogP contribution in [0.25, 0.3) is 11.0 Å². The lowest BCUT2D eigenvalue weighted by atomic mass is 10.3. The van der Waals surface area contributed by atoms with Gasteiger partial charge in [-0.3, -0.25) is 9.13 Å². The van der Waals surface area contributed by atoms with E-state index in [0.29, 0.717) is 16.9 Å². The SMILES string of the molecule is Cc1noc([C@@H](C)NS(=O)(=O)c2ccc3c(c2)n(C)c(=O)n3C)n1. The second-order valence-corrected chi connectivity index (χ2v) is 7.29. The van der Waals surface area contributed by atoms with E-state index in [9.17, 15) is 13.2 Å². The van der Waals surface area contributed by atoms with Gasteiger partial charge in [0.2, 0.25) is 15.9 Å². The van der Waals surface area contributed by atoms with Gasteiger partial charge in [0, 0.05) is 14.1 Å². The fourth-order valence-corrected chi connectivity index (χ4v) is 3.71. The Hall–Kier alpha value is -2.46. The van der Waals surface area contributed by atoms with Crippen LogP contribution in [-0.4, -0.2) is 27.7 Å². The molecule has 0 aliphatic rings. The van der Waals surface area contributed by atoms with E-state index in [1.165, 1.54) is 21.3 Å². The molecule has 0 bridgehead atoms. The Labute approximate surface area is 138 Å². The van der Waals surface area contributed by atoms with Gasteiger partial charge < -0.3 is 4.52 Å². The van der Waals surface area contributed by atoms with Crippen molar-refractivity contribution < 1.29 is 12.9 Å². The molecular weight excluding hydrogens is 334 g/mol. The van der Waals surface area contributed by atoms with Crippen LogP contribution in [0.5, 0.6) is 0 Å². The summed E-state index contributed by atoms with van der Waals surface area (Å²) in [6, 6.07) is 3.85. The second-order valence-electron chi connectivity index (χ2n) is 5.57. The zero-order valence-corrected chi connectivity index (χ0v) is 14.5. The molecule has 1 aromatic carbocycles. The molecule has 0 unspecified atom stereocenters. The van der Waals surface area contributed by atoms with Crippen molar-refractivity contribution in [2.45, 2.75) is 24.8 Å². The van der Waals surface area contributed by atoms with Gasteiger partial charge in [-0.25, -0.2) is 13.2 Å². The van der Waals surface area contributed by atoms with E-state index in [1.54, 1.807) is 34.0 Å². The molecule has 0 aliphatic carbocycles. The van der Waals surface area contributed by atoms with Gasteiger partial charge in [0.1, 0.15) is 0 Å². The molecule has 0 radical (unpaired) electrons. The molecule has 0 spiro atoms. The number of nitrogens with zero attached hydrogens (tertiary/aromatic N) is 4. The molecule has 0 saturated carbocycles. The lowest BCUT2D eigenvalue weighted by Gasteiger charge is -2.11. The second kappa shape index (κ2) is 5.56. The number of fused-ring (bicyclic) bond motifs is 1. The largest absolute Gasteiger partial charge is 0.338 e. The van der Waals surface area contributed by atoms with E-state index < -0.39 is 16.1 Å². The number of sulfonamides is 1. The molecule has 9 nitrogen and oxygen atoms in total. The summed E-state index contributed by atoms with van der Waals surface area (Å²) >= 11 is 0. The van der Waals surface area contributed by atoms with Crippen LogP contribution >= 0.6 is 0 Å². The maximum atomic E-state index is 12.6. The van der Waals surface area contributed by atoms with Crippen molar-refractivity contribution in [3.8, 4) is 0 Å². The molecule has 0 fully saturated rings. The first kappa shape index (κ1) is 16.4. The van der Waals surface area contributed by atoms with Gasteiger partial charge in [-0.2, -0.15) is 9.71 Å². The van der Waals surface area contributed by atoms with Crippen LogP contribution in [-0.2, 0) is 24.1 Å². The average Bonchev–Trinajstić information content (AvgIpc) is 3.05. The number of hydrogen-bond acceptors (Lipinski definition) is 6. The van der Waals surface area contributed by atoms with Gasteiger partial charge in [-0.05, 0) is 32.0 Å². The zero-order valence-electron chi connectivity index (χ0n) is 13.6. The normalized spacial score (nSPS) is 13.5. The predicted molar refractivity (Wildman–Crippen MR) is 85.9 cm³/mol. The molecule has 1 N–H and O–H groups in total.